The summed E-state index contributed by atoms with van der Waals surface area (Å²) in [5.41, 5.74) is -1.70. The molecule has 0 aliphatic carbocycles. The zero-order valence-electron chi connectivity index (χ0n) is 19.4. The average Bonchev–Trinajstić information content (AvgIpc) is 3.18. The van der Waals surface area contributed by atoms with Gasteiger partial charge in [-0.15, -0.1) is 0 Å². The minimum atomic E-state index is -1.67. The van der Waals surface area contributed by atoms with Crippen LogP contribution in [-0.2, 0) is 0 Å². The van der Waals surface area contributed by atoms with Gasteiger partial charge in [-0.2, -0.15) is 15.0 Å². The normalized spacial score (nSPS) is 12.9. The van der Waals surface area contributed by atoms with Crippen LogP contribution in [0.25, 0.3) is 16.9 Å². The molecule has 0 saturated heterocycles. The lowest BCUT2D eigenvalue weighted by molar-refractivity contribution is -0.00177. The molecule has 3 rings (SSSR count). The molecule has 0 radical (unpaired) electrons. The predicted molar refractivity (Wildman–Crippen MR) is 123 cm³/mol. The van der Waals surface area contributed by atoms with Crippen LogP contribution in [0.3, 0.4) is 0 Å². The number of anilines is 1. The van der Waals surface area contributed by atoms with Crippen LogP contribution in [0.5, 0.6) is 0 Å². The summed E-state index contributed by atoms with van der Waals surface area (Å²) in [6, 6.07) is 5.23. The number of aromatic nitrogens is 4. The highest BCUT2D eigenvalue weighted by Gasteiger charge is 2.27. The van der Waals surface area contributed by atoms with E-state index in [0.29, 0.717) is 28.1 Å². The summed E-state index contributed by atoms with van der Waals surface area (Å²) < 4.78 is 29.5. The highest BCUT2D eigenvalue weighted by Crippen LogP contribution is 2.23. The maximum Gasteiger partial charge on any atom is 0.255 e. The number of nitrogens with zero attached hydrogens (tertiary/aromatic N) is 5. The zero-order valence-corrected chi connectivity index (χ0v) is 19.4. The summed E-state index contributed by atoms with van der Waals surface area (Å²) in [4.78, 5) is 21.3. The number of carbonyl (C=O) groups is 1. The monoisotopic (exact) mass is 471 g/mol. The van der Waals surface area contributed by atoms with Crippen LogP contribution in [0, 0.1) is 11.3 Å². The van der Waals surface area contributed by atoms with Crippen molar-refractivity contribution in [3.05, 3.63) is 41.9 Å². The number of nitriles is 1. The Balaban J connectivity index is 1.92. The Labute approximate surface area is 195 Å². The number of halogens is 2. The third-order valence-corrected chi connectivity index (χ3v) is 5.13. The van der Waals surface area contributed by atoms with Crippen LogP contribution in [0.15, 0.2) is 30.7 Å². The van der Waals surface area contributed by atoms with Gasteiger partial charge in [0, 0.05) is 30.4 Å². The minimum Gasteiger partial charge on any atom is -0.387 e. The number of rotatable bonds is 9. The maximum atomic E-state index is 14.1. The summed E-state index contributed by atoms with van der Waals surface area (Å²) in [5, 5.41) is 29.2. The molecule has 3 N–H and O–H groups in total. The van der Waals surface area contributed by atoms with Crippen LogP contribution in [-0.4, -0.2) is 61.3 Å². The van der Waals surface area contributed by atoms with Crippen molar-refractivity contribution in [3.8, 4) is 11.9 Å². The number of amides is 1. The number of fused-ring (bicyclic) bond motifs is 1. The van der Waals surface area contributed by atoms with Crippen LogP contribution >= 0.6 is 0 Å². The Morgan fingerprint density at radius 2 is 1.97 bits per heavy atom. The van der Waals surface area contributed by atoms with Crippen LogP contribution in [0.1, 0.15) is 50.0 Å². The molecule has 9 nitrogen and oxygen atoms in total. The molecule has 3 aromatic rings. The van der Waals surface area contributed by atoms with Gasteiger partial charge in [0.05, 0.1) is 35.2 Å². The molecule has 0 saturated carbocycles. The molecule has 0 aromatic carbocycles. The zero-order chi connectivity index (χ0) is 25.1. The number of aliphatic hydroxyl groups is 1. The Hall–Kier alpha value is -3.65. The third kappa shape index (κ3) is 6.02. The molecule has 0 fully saturated rings. The highest BCUT2D eigenvalue weighted by molar-refractivity contribution is 5.99. The van der Waals surface area contributed by atoms with Crippen molar-refractivity contribution >= 4 is 22.6 Å². The number of hydrogen-bond donors (Lipinski definition) is 3. The predicted octanol–water partition coefficient (Wildman–Crippen LogP) is 3.08. The summed E-state index contributed by atoms with van der Waals surface area (Å²) in [7, 11) is 0. The van der Waals surface area contributed by atoms with E-state index in [-0.39, 0.29) is 18.5 Å². The molecule has 0 aliphatic heterocycles. The fraction of sp³-hybridized carbons (Fsp3) is 0.435. The summed E-state index contributed by atoms with van der Waals surface area (Å²) in [6.07, 6.45) is 2.78. The quantitative estimate of drug-likeness (QED) is 0.437. The molecule has 34 heavy (non-hydrogen) atoms. The molecule has 180 valence electrons. The van der Waals surface area contributed by atoms with Crippen molar-refractivity contribution in [1.29, 1.82) is 5.26 Å². The first-order valence-electron chi connectivity index (χ1n) is 10.7. The summed E-state index contributed by atoms with van der Waals surface area (Å²) >= 11 is 0. The van der Waals surface area contributed by atoms with E-state index >= 15 is 0 Å². The topological polar surface area (TPSA) is 129 Å². The van der Waals surface area contributed by atoms with Gasteiger partial charge in [0.25, 0.3) is 5.91 Å². The highest BCUT2D eigenvalue weighted by atomic mass is 19.1. The van der Waals surface area contributed by atoms with Gasteiger partial charge in [-0.1, -0.05) is 0 Å². The van der Waals surface area contributed by atoms with Crippen LogP contribution < -0.4 is 10.6 Å². The Morgan fingerprint density at radius 1 is 1.24 bits per heavy atom. The molecule has 0 aliphatic rings. The molecule has 11 heteroatoms. The second-order valence-electron chi connectivity index (χ2n) is 9.12. The fourth-order valence-corrected chi connectivity index (χ4v) is 3.06. The van der Waals surface area contributed by atoms with Crippen molar-refractivity contribution in [1.82, 2.24) is 25.1 Å². The van der Waals surface area contributed by atoms with Crippen LogP contribution in [0.4, 0.5) is 14.5 Å². The number of nitrogens with one attached hydrogen (secondary N) is 2. The van der Waals surface area contributed by atoms with E-state index < -0.39 is 29.9 Å². The summed E-state index contributed by atoms with van der Waals surface area (Å²) in [6.45, 7) is 5.37. The SMILES string of the molecule is CC(C)(F)CCNc1cc(-n2ncc3cc(C#N)cnc32)ncc1C(=O)NC[C@@H](F)C(C)(C)O. The molecule has 0 spiro atoms. The smallest absolute Gasteiger partial charge is 0.255 e. The number of carbonyl (C=O) groups excluding carboxylic acids is 1. The van der Waals surface area contributed by atoms with E-state index in [9.17, 15) is 18.7 Å². The molecule has 1 amide bonds. The Kier molecular flexibility index (Phi) is 7.12. The van der Waals surface area contributed by atoms with Gasteiger partial charge >= 0.3 is 0 Å². The van der Waals surface area contributed by atoms with Gasteiger partial charge in [-0.25, -0.2) is 18.7 Å². The van der Waals surface area contributed by atoms with Gasteiger partial charge in [0.2, 0.25) is 0 Å². The van der Waals surface area contributed by atoms with E-state index in [2.05, 4.69) is 25.7 Å². The van der Waals surface area contributed by atoms with E-state index in [0.717, 1.165) is 0 Å². The van der Waals surface area contributed by atoms with E-state index in [1.54, 1.807) is 18.3 Å². The van der Waals surface area contributed by atoms with Gasteiger partial charge in [-0.05, 0) is 40.2 Å². The molecule has 0 bridgehead atoms. The lowest BCUT2D eigenvalue weighted by Gasteiger charge is -2.23. The number of pyridine rings is 2. The first-order chi connectivity index (χ1) is 15.9. The van der Waals surface area contributed by atoms with Crippen molar-refractivity contribution < 1.29 is 18.7 Å². The maximum absolute atomic E-state index is 14.1. The number of alkyl halides is 2. The van der Waals surface area contributed by atoms with E-state index in [1.165, 1.54) is 44.8 Å². The van der Waals surface area contributed by atoms with Gasteiger partial charge in [-0.3, -0.25) is 4.79 Å². The minimum absolute atomic E-state index is 0.125. The summed E-state index contributed by atoms with van der Waals surface area (Å²) in [5.74, 6) is -0.263. The molecule has 0 unspecified atom stereocenters. The fourth-order valence-electron chi connectivity index (χ4n) is 3.06. The first kappa shape index (κ1) is 25.0. The second-order valence-corrected chi connectivity index (χ2v) is 9.12. The van der Waals surface area contributed by atoms with Gasteiger partial charge in [0.15, 0.2) is 11.5 Å². The molecular weight excluding hydrogens is 444 g/mol. The lowest BCUT2D eigenvalue weighted by Crippen LogP contribution is -2.42. The Bertz CT molecular complexity index is 1220. The molecule has 3 aromatic heterocycles. The van der Waals surface area contributed by atoms with Gasteiger partial charge in [0.1, 0.15) is 17.9 Å². The van der Waals surface area contributed by atoms with E-state index in [1.807, 2.05) is 6.07 Å². The molecule has 3 heterocycles. The van der Waals surface area contributed by atoms with E-state index in [4.69, 9.17) is 5.26 Å². The van der Waals surface area contributed by atoms with Gasteiger partial charge < -0.3 is 15.7 Å². The third-order valence-electron chi connectivity index (χ3n) is 5.13. The average molecular weight is 472 g/mol. The van der Waals surface area contributed by atoms with Crippen molar-refractivity contribution in [2.24, 2.45) is 0 Å². The number of hydrogen-bond acceptors (Lipinski definition) is 7. The largest absolute Gasteiger partial charge is 0.387 e. The Morgan fingerprint density at radius 3 is 2.62 bits per heavy atom. The standard InChI is InChI=1S/C23H27F2N7O2/c1-22(2,25)5-6-27-17-8-19(32-20-15(11-31-32)7-14(9-26)10-29-20)28-12-16(17)21(33)30-13-18(24)23(3,4)34/h7-8,10-12,18,34H,5-6,13H2,1-4H3,(H,27,28)(H,30,33)/t18-/m1/s1. The molecule has 1 atom stereocenters. The van der Waals surface area contributed by atoms with Crippen molar-refractivity contribution in [2.75, 3.05) is 18.4 Å². The molecular formula is C23H27F2N7O2. The first-order valence-corrected chi connectivity index (χ1v) is 10.7. The second kappa shape index (κ2) is 9.69. The van der Waals surface area contributed by atoms with Crippen LogP contribution in [0.2, 0.25) is 0 Å². The van der Waals surface area contributed by atoms with Crippen molar-refractivity contribution in [3.63, 3.8) is 0 Å². The van der Waals surface area contributed by atoms with Crippen molar-refractivity contribution in [2.45, 2.75) is 51.6 Å². The lowest BCUT2D eigenvalue weighted by atomic mass is 10.0.